The first kappa shape index (κ1) is 27.7. The molecule has 0 spiro atoms. The van der Waals surface area contributed by atoms with Gasteiger partial charge in [-0.15, -0.1) is 0 Å². The second-order valence-corrected chi connectivity index (χ2v) is 8.67. The lowest BCUT2D eigenvalue weighted by Crippen LogP contribution is -2.19. The molecule has 1 aromatic carbocycles. The van der Waals surface area contributed by atoms with E-state index in [1.165, 1.54) is 19.3 Å². The van der Waals surface area contributed by atoms with Crippen LogP contribution in [0.2, 0.25) is 5.02 Å². The number of hydroxylamine groups is 2. The van der Waals surface area contributed by atoms with Gasteiger partial charge in [0.05, 0.1) is 13.2 Å². The van der Waals surface area contributed by atoms with Crippen LogP contribution >= 0.6 is 11.6 Å². The Morgan fingerprint density at radius 2 is 1.83 bits per heavy atom. The Kier molecular flexibility index (Phi) is 12.5. The first-order valence-corrected chi connectivity index (χ1v) is 10.7. The number of phenols is 1. The number of aliphatic hydroxyl groups is 1. The van der Waals surface area contributed by atoms with E-state index in [1.54, 1.807) is 17.2 Å². The minimum Gasteiger partial charge on any atom is -0.508 e. The Labute approximate surface area is 182 Å². The molecule has 1 heterocycles. The number of halogens is 1. The minimum atomic E-state index is -0.0563. The van der Waals surface area contributed by atoms with Crippen molar-refractivity contribution in [3.05, 3.63) is 40.6 Å². The van der Waals surface area contributed by atoms with E-state index in [2.05, 4.69) is 41.2 Å². The zero-order chi connectivity index (χ0) is 22.8. The first-order valence-electron chi connectivity index (χ1n) is 10.3. The summed E-state index contributed by atoms with van der Waals surface area (Å²) < 4.78 is 0. The molecule has 1 atom stereocenters. The number of aryl methyl sites for hydroxylation is 1. The lowest BCUT2D eigenvalue weighted by molar-refractivity contribution is -0.101. The zero-order valence-corrected chi connectivity index (χ0v) is 20.0. The number of hydrogen-bond acceptors (Lipinski definition) is 5. The predicted octanol–water partition coefficient (Wildman–Crippen LogP) is 5.41. The molecule has 0 radical (unpaired) electrons. The SMILES string of the molecule is C=C1N(Cc2cc(O)c(C)cc2Cl)OCC1(C)C.CCC(CC)CC(C)N.CO. The summed E-state index contributed by atoms with van der Waals surface area (Å²) >= 11 is 6.18. The van der Waals surface area contributed by atoms with E-state index in [-0.39, 0.29) is 11.2 Å². The number of hydrogen-bond donors (Lipinski definition) is 3. The molecule has 0 amide bonds. The highest BCUT2D eigenvalue weighted by atomic mass is 35.5. The molecule has 168 valence electrons. The van der Waals surface area contributed by atoms with Gasteiger partial charge in [0, 0.05) is 29.3 Å². The number of nitrogens with zero attached hydrogens (tertiary/aromatic N) is 1. The minimum absolute atomic E-state index is 0.0563. The Bertz CT molecular complexity index is 629. The molecule has 1 aromatic rings. The number of benzene rings is 1. The first-order chi connectivity index (χ1) is 13.5. The topological polar surface area (TPSA) is 79.0 Å². The molecule has 1 saturated heterocycles. The lowest BCUT2D eigenvalue weighted by Gasteiger charge is -2.22. The third-order valence-corrected chi connectivity index (χ3v) is 5.55. The number of nitrogens with two attached hydrogens (primary N) is 1. The van der Waals surface area contributed by atoms with Crippen LogP contribution in [-0.4, -0.2) is 35.0 Å². The summed E-state index contributed by atoms with van der Waals surface area (Å²) in [6.07, 6.45) is 3.74. The number of aromatic hydroxyl groups is 1. The summed E-state index contributed by atoms with van der Waals surface area (Å²) in [6.45, 7) is 17.7. The van der Waals surface area contributed by atoms with Crippen LogP contribution in [0, 0.1) is 18.3 Å². The third kappa shape index (κ3) is 8.95. The average molecular weight is 429 g/mol. The van der Waals surface area contributed by atoms with Gasteiger partial charge in [0.15, 0.2) is 0 Å². The van der Waals surface area contributed by atoms with Crippen LogP contribution in [0.5, 0.6) is 5.75 Å². The van der Waals surface area contributed by atoms with Gasteiger partial charge in [-0.1, -0.05) is 58.7 Å². The van der Waals surface area contributed by atoms with Crippen molar-refractivity contribution >= 4 is 11.6 Å². The summed E-state index contributed by atoms with van der Waals surface area (Å²) in [5.41, 5.74) is 8.12. The molecule has 6 heteroatoms. The summed E-state index contributed by atoms with van der Waals surface area (Å²) in [5, 5.41) is 19.1. The molecule has 5 nitrogen and oxygen atoms in total. The molecular weight excluding hydrogens is 388 g/mol. The zero-order valence-electron chi connectivity index (χ0n) is 19.3. The maximum absolute atomic E-state index is 9.73. The van der Waals surface area contributed by atoms with Crippen molar-refractivity contribution < 1.29 is 15.1 Å². The van der Waals surface area contributed by atoms with Crippen molar-refractivity contribution in [2.45, 2.75) is 73.4 Å². The van der Waals surface area contributed by atoms with Crippen LogP contribution in [0.4, 0.5) is 0 Å². The molecule has 2 rings (SSSR count). The summed E-state index contributed by atoms with van der Waals surface area (Å²) in [7, 11) is 1.00. The molecule has 1 fully saturated rings. The number of rotatable bonds is 6. The molecule has 0 aliphatic carbocycles. The van der Waals surface area contributed by atoms with E-state index in [0.29, 0.717) is 24.2 Å². The fourth-order valence-corrected chi connectivity index (χ4v) is 3.29. The Morgan fingerprint density at radius 3 is 2.21 bits per heavy atom. The van der Waals surface area contributed by atoms with Crippen molar-refractivity contribution in [1.82, 2.24) is 5.06 Å². The Morgan fingerprint density at radius 1 is 1.28 bits per heavy atom. The van der Waals surface area contributed by atoms with Crippen molar-refractivity contribution in [2.24, 2.45) is 17.1 Å². The molecule has 4 N–H and O–H groups in total. The molecule has 0 saturated carbocycles. The van der Waals surface area contributed by atoms with E-state index in [4.69, 9.17) is 27.3 Å². The quantitative estimate of drug-likeness (QED) is 0.564. The monoisotopic (exact) mass is 428 g/mol. The van der Waals surface area contributed by atoms with Crippen molar-refractivity contribution in [3.63, 3.8) is 0 Å². The second kappa shape index (κ2) is 13.1. The van der Waals surface area contributed by atoms with E-state index >= 15 is 0 Å². The molecule has 29 heavy (non-hydrogen) atoms. The average Bonchev–Trinajstić information content (AvgIpc) is 2.93. The van der Waals surface area contributed by atoms with Crippen molar-refractivity contribution in [2.75, 3.05) is 13.7 Å². The predicted molar refractivity (Wildman–Crippen MR) is 123 cm³/mol. The van der Waals surface area contributed by atoms with Crippen LogP contribution < -0.4 is 5.73 Å². The molecule has 0 aromatic heterocycles. The second-order valence-electron chi connectivity index (χ2n) is 8.27. The highest BCUT2D eigenvalue weighted by Gasteiger charge is 2.35. The van der Waals surface area contributed by atoms with Gasteiger partial charge < -0.3 is 15.9 Å². The van der Waals surface area contributed by atoms with Crippen LogP contribution in [0.1, 0.15) is 65.0 Å². The van der Waals surface area contributed by atoms with Gasteiger partial charge in [-0.2, -0.15) is 0 Å². The highest BCUT2D eigenvalue weighted by molar-refractivity contribution is 6.31. The van der Waals surface area contributed by atoms with Gasteiger partial charge in [-0.05, 0) is 49.4 Å². The number of aliphatic hydroxyl groups excluding tert-OH is 1. The van der Waals surface area contributed by atoms with Gasteiger partial charge in [0.2, 0.25) is 0 Å². The molecule has 0 bridgehead atoms. The van der Waals surface area contributed by atoms with Gasteiger partial charge in [-0.3, -0.25) is 9.90 Å². The van der Waals surface area contributed by atoms with Crippen LogP contribution in [-0.2, 0) is 11.4 Å². The Balaban J connectivity index is 0.000000606. The standard InChI is InChI=1S/C14H18ClNO2.C8H19N.CH4O/c1-9-5-12(15)11(6-13(9)17)7-16-10(2)14(3,4)8-18-16;1-4-8(5-2)6-7(3)9;1-2/h5-6,17H,2,7-8H2,1,3-4H3;7-8H,4-6,9H2,1-3H3;2H,1H3. The molecular formula is C23H41ClN2O3. The van der Waals surface area contributed by atoms with Gasteiger partial charge in [-0.25, -0.2) is 0 Å². The van der Waals surface area contributed by atoms with Gasteiger partial charge in [0.25, 0.3) is 0 Å². The van der Waals surface area contributed by atoms with Crippen LogP contribution in [0.15, 0.2) is 24.4 Å². The maximum Gasteiger partial charge on any atom is 0.118 e. The lowest BCUT2D eigenvalue weighted by atomic mass is 9.92. The largest absolute Gasteiger partial charge is 0.508 e. The van der Waals surface area contributed by atoms with Crippen LogP contribution in [0.25, 0.3) is 0 Å². The van der Waals surface area contributed by atoms with E-state index in [9.17, 15) is 5.11 Å². The summed E-state index contributed by atoms with van der Waals surface area (Å²) in [6, 6.07) is 3.82. The van der Waals surface area contributed by atoms with Gasteiger partial charge in [0.1, 0.15) is 5.75 Å². The molecule has 1 aliphatic rings. The smallest absolute Gasteiger partial charge is 0.118 e. The number of phenolic OH excluding ortho intramolecular Hbond substituents is 1. The summed E-state index contributed by atoms with van der Waals surface area (Å²) in [5.74, 6) is 1.10. The van der Waals surface area contributed by atoms with Crippen molar-refractivity contribution in [1.29, 1.82) is 0 Å². The molecule has 1 aliphatic heterocycles. The fraction of sp³-hybridized carbons (Fsp3) is 0.652. The van der Waals surface area contributed by atoms with E-state index in [0.717, 1.165) is 29.9 Å². The fourth-order valence-electron chi connectivity index (χ4n) is 3.01. The molecule has 1 unspecified atom stereocenters. The third-order valence-electron chi connectivity index (χ3n) is 5.20. The van der Waals surface area contributed by atoms with E-state index in [1.807, 2.05) is 6.92 Å². The van der Waals surface area contributed by atoms with E-state index < -0.39 is 0 Å². The van der Waals surface area contributed by atoms with Crippen LogP contribution in [0.3, 0.4) is 0 Å². The highest BCUT2D eigenvalue weighted by Crippen LogP contribution is 2.37. The maximum atomic E-state index is 9.73. The van der Waals surface area contributed by atoms with Crippen molar-refractivity contribution in [3.8, 4) is 5.75 Å². The normalized spacial score (nSPS) is 16.1. The van der Waals surface area contributed by atoms with Gasteiger partial charge >= 0.3 is 0 Å². The Hall–Kier alpha value is -1.27. The summed E-state index contributed by atoms with van der Waals surface area (Å²) in [4.78, 5) is 5.60.